The molecule has 1 aliphatic carbocycles. The van der Waals surface area contributed by atoms with Gasteiger partial charge in [-0.3, -0.25) is 4.79 Å². The minimum absolute atomic E-state index is 0.125. The minimum Gasteiger partial charge on any atom is -0.462 e. The molecule has 1 atom stereocenters. The molecular weight excluding hydrogens is 248 g/mol. The lowest BCUT2D eigenvalue weighted by Gasteiger charge is -2.29. The Kier molecular flexibility index (Phi) is 6.10. The molecule has 2 nitrogen and oxygen atoms in total. The van der Waals surface area contributed by atoms with Gasteiger partial charge in [0, 0.05) is 6.92 Å². The lowest BCUT2D eigenvalue weighted by Crippen LogP contribution is -2.28. The molecule has 0 heterocycles. The molecular formula is C18H26O2. The van der Waals surface area contributed by atoms with Gasteiger partial charge in [0.15, 0.2) is 0 Å². The van der Waals surface area contributed by atoms with Crippen molar-refractivity contribution in [1.29, 1.82) is 0 Å². The van der Waals surface area contributed by atoms with E-state index in [4.69, 9.17) is 4.74 Å². The Hall–Kier alpha value is -1.31. The van der Waals surface area contributed by atoms with Crippen LogP contribution in [-0.4, -0.2) is 12.1 Å². The predicted octanol–water partition coefficient (Wildman–Crippen LogP) is 4.52. The number of esters is 1. The van der Waals surface area contributed by atoms with Crippen LogP contribution < -0.4 is 0 Å². The standard InChI is InChI=1S/C18H26O2/c1-15(19)20-18(17-12-6-3-7-13-17)14-8-11-16-9-4-2-5-10-16/h2,4-5,9-10,17-18H,3,6-8,11-14H2,1H3. The number of rotatable bonds is 6. The van der Waals surface area contributed by atoms with Crippen LogP contribution in [0.25, 0.3) is 0 Å². The van der Waals surface area contributed by atoms with E-state index in [0.29, 0.717) is 5.92 Å². The SMILES string of the molecule is CC(=O)OC(CCCc1ccccc1)C1CCCCC1. The van der Waals surface area contributed by atoms with Gasteiger partial charge in [0.25, 0.3) is 0 Å². The molecule has 0 aromatic heterocycles. The number of carbonyl (C=O) groups is 1. The van der Waals surface area contributed by atoms with E-state index in [1.807, 2.05) is 6.07 Å². The van der Waals surface area contributed by atoms with Gasteiger partial charge in [-0.1, -0.05) is 49.6 Å². The molecule has 1 saturated carbocycles. The van der Waals surface area contributed by atoms with Crippen LogP contribution >= 0.6 is 0 Å². The third kappa shape index (κ3) is 4.99. The first-order valence-electron chi connectivity index (χ1n) is 7.97. The van der Waals surface area contributed by atoms with Crippen molar-refractivity contribution in [3.63, 3.8) is 0 Å². The van der Waals surface area contributed by atoms with Crippen LogP contribution in [0.4, 0.5) is 0 Å². The second-order valence-electron chi connectivity index (χ2n) is 5.92. The van der Waals surface area contributed by atoms with E-state index in [2.05, 4.69) is 24.3 Å². The summed E-state index contributed by atoms with van der Waals surface area (Å²) in [5.41, 5.74) is 1.37. The van der Waals surface area contributed by atoms with E-state index < -0.39 is 0 Å². The van der Waals surface area contributed by atoms with Crippen LogP contribution in [-0.2, 0) is 16.0 Å². The summed E-state index contributed by atoms with van der Waals surface area (Å²) in [4.78, 5) is 11.3. The molecule has 1 fully saturated rings. The topological polar surface area (TPSA) is 26.3 Å². The molecule has 110 valence electrons. The van der Waals surface area contributed by atoms with Gasteiger partial charge >= 0.3 is 5.97 Å². The summed E-state index contributed by atoms with van der Waals surface area (Å²) >= 11 is 0. The summed E-state index contributed by atoms with van der Waals surface area (Å²) in [6, 6.07) is 10.6. The van der Waals surface area contributed by atoms with Gasteiger partial charge in [0.1, 0.15) is 6.10 Å². The summed E-state index contributed by atoms with van der Waals surface area (Å²) in [6.45, 7) is 1.53. The lowest BCUT2D eigenvalue weighted by molar-refractivity contribution is -0.150. The normalized spacial score (nSPS) is 17.6. The number of ether oxygens (including phenoxy) is 1. The lowest BCUT2D eigenvalue weighted by atomic mass is 9.83. The van der Waals surface area contributed by atoms with Crippen molar-refractivity contribution in [2.24, 2.45) is 5.92 Å². The van der Waals surface area contributed by atoms with Crippen molar-refractivity contribution in [3.8, 4) is 0 Å². The van der Waals surface area contributed by atoms with Gasteiger partial charge in [0.05, 0.1) is 0 Å². The average molecular weight is 274 g/mol. The third-order valence-corrected chi connectivity index (χ3v) is 4.29. The average Bonchev–Trinajstić information content (AvgIpc) is 2.48. The van der Waals surface area contributed by atoms with Crippen LogP contribution in [0, 0.1) is 5.92 Å². The zero-order valence-corrected chi connectivity index (χ0v) is 12.5. The van der Waals surface area contributed by atoms with Gasteiger partial charge in [-0.15, -0.1) is 0 Å². The Morgan fingerprint density at radius 2 is 1.90 bits per heavy atom. The number of carbonyl (C=O) groups excluding carboxylic acids is 1. The minimum atomic E-state index is -0.125. The third-order valence-electron chi connectivity index (χ3n) is 4.29. The van der Waals surface area contributed by atoms with Crippen molar-refractivity contribution in [2.45, 2.75) is 64.4 Å². The van der Waals surface area contributed by atoms with E-state index >= 15 is 0 Å². The van der Waals surface area contributed by atoms with Crippen molar-refractivity contribution in [3.05, 3.63) is 35.9 Å². The highest BCUT2D eigenvalue weighted by atomic mass is 16.5. The molecule has 1 aromatic carbocycles. The molecule has 0 radical (unpaired) electrons. The van der Waals surface area contributed by atoms with E-state index in [0.717, 1.165) is 19.3 Å². The Morgan fingerprint density at radius 3 is 2.55 bits per heavy atom. The maximum atomic E-state index is 11.3. The van der Waals surface area contributed by atoms with E-state index in [1.165, 1.54) is 44.6 Å². The van der Waals surface area contributed by atoms with Crippen molar-refractivity contribution in [1.82, 2.24) is 0 Å². The van der Waals surface area contributed by atoms with Gasteiger partial charge in [-0.25, -0.2) is 0 Å². The highest BCUT2D eigenvalue weighted by molar-refractivity contribution is 5.66. The first-order chi connectivity index (χ1) is 9.75. The number of benzene rings is 1. The number of aryl methyl sites for hydroxylation is 1. The highest BCUT2D eigenvalue weighted by Gasteiger charge is 2.25. The van der Waals surface area contributed by atoms with Crippen LogP contribution in [0.2, 0.25) is 0 Å². The van der Waals surface area contributed by atoms with Gasteiger partial charge < -0.3 is 4.74 Å². The molecule has 0 saturated heterocycles. The molecule has 2 rings (SSSR count). The fraction of sp³-hybridized carbons (Fsp3) is 0.611. The molecule has 1 aromatic rings. The first-order valence-corrected chi connectivity index (χ1v) is 7.97. The Morgan fingerprint density at radius 1 is 1.20 bits per heavy atom. The fourth-order valence-electron chi connectivity index (χ4n) is 3.26. The molecule has 0 aliphatic heterocycles. The Labute approximate surface area is 122 Å². The maximum absolute atomic E-state index is 11.3. The first kappa shape index (κ1) is 15.1. The van der Waals surface area contributed by atoms with Crippen molar-refractivity contribution in [2.75, 3.05) is 0 Å². The molecule has 0 N–H and O–H groups in total. The summed E-state index contributed by atoms with van der Waals surface area (Å²) in [7, 11) is 0. The quantitative estimate of drug-likeness (QED) is 0.713. The van der Waals surface area contributed by atoms with Crippen LogP contribution in [0.3, 0.4) is 0 Å². The number of hydrogen-bond acceptors (Lipinski definition) is 2. The summed E-state index contributed by atoms with van der Waals surface area (Å²) < 4.78 is 5.59. The highest BCUT2D eigenvalue weighted by Crippen LogP contribution is 2.30. The zero-order valence-electron chi connectivity index (χ0n) is 12.5. The maximum Gasteiger partial charge on any atom is 0.302 e. The van der Waals surface area contributed by atoms with E-state index in [1.54, 1.807) is 0 Å². The molecule has 20 heavy (non-hydrogen) atoms. The largest absolute Gasteiger partial charge is 0.462 e. The number of hydrogen-bond donors (Lipinski definition) is 0. The van der Waals surface area contributed by atoms with Crippen LogP contribution in [0.5, 0.6) is 0 Å². The Balaban J connectivity index is 1.82. The van der Waals surface area contributed by atoms with E-state index in [-0.39, 0.29) is 12.1 Å². The monoisotopic (exact) mass is 274 g/mol. The summed E-state index contributed by atoms with van der Waals surface area (Å²) in [5.74, 6) is 0.462. The van der Waals surface area contributed by atoms with Crippen molar-refractivity contribution < 1.29 is 9.53 Å². The van der Waals surface area contributed by atoms with Gasteiger partial charge in [-0.2, -0.15) is 0 Å². The fourth-order valence-corrected chi connectivity index (χ4v) is 3.26. The summed E-state index contributed by atoms with van der Waals surface area (Å²) in [5, 5.41) is 0. The summed E-state index contributed by atoms with van der Waals surface area (Å²) in [6.07, 6.45) is 9.68. The smallest absolute Gasteiger partial charge is 0.302 e. The van der Waals surface area contributed by atoms with Crippen molar-refractivity contribution >= 4 is 5.97 Å². The zero-order chi connectivity index (χ0) is 14.2. The molecule has 1 aliphatic rings. The van der Waals surface area contributed by atoms with Gasteiger partial charge in [-0.05, 0) is 43.6 Å². The molecule has 1 unspecified atom stereocenters. The van der Waals surface area contributed by atoms with Gasteiger partial charge in [0.2, 0.25) is 0 Å². The van der Waals surface area contributed by atoms with Crippen LogP contribution in [0.1, 0.15) is 57.4 Å². The molecule has 2 heteroatoms. The van der Waals surface area contributed by atoms with E-state index in [9.17, 15) is 4.79 Å². The predicted molar refractivity (Wildman–Crippen MR) is 81.5 cm³/mol. The van der Waals surface area contributed by atoms with Crippen LogP contribution in [0.15, 0.2) is 30.3 Å². The second kappa shape index (κ2) is 8.08. The molecule has 0 spiro atoms. The molecule has 0 amide bonds. The Bertz CT molecular complexity index is 393. The second-order valence-corrected chi connectivity index (χ2v) is 5.92. The molecule has 0 bridgehead atoms.